The predicted molar refractivity (Wildman–Crippen MR) is 122 cm³/mol. The van der Waals surface area contributed by atoms with Crippen molar-refractivity contribution < 1.29 is 33.8 Å². The molecule has 0 saturated carbocycles. The van der Waals surface area contributed by atoms with Gasteiger partial charge in [-0.3, -0.25) is 14.4 Å². The van der Waals surface area contributed by atoms with Gasteiger partial charge in [0, 0.05) is 30.8 Å². The Morgan fingerprint density at radius 2 is 1.64 bits per heavy atom. The molecule has 0 aliphatic carbocycles. The maximum absolute atomic E-state index is 12.0. The van der Waals surface area contributed by atoms with Crippen LogP contribution in [0.15, 0.2) is 24.3 Å². The summed E-state index contributed by atoms with van der Waals surface area (Å²) in [6, 6.07) is 5.50. The van der Waals surface area contributed by atoms with E-state index in [2.05, 4.69) is 16.0 Å². The van der Waals surface area contributed by atoms with Gasteiger partial charge in [-0.15, -0.1) is 0 Å². The van der Waals surface area contributed by atoms with Crippen molar-refractivity contribution in [1.29, 1.82) is 0 Å². The zero-order valence-corrected chi connectivity index (χ0v) is 18.9. The van der Waals surface area contributed by atoms with Crippen molar-refractivity contribution in [2.75, 3.05) is 45.3 Å². The van der Waals surface area contributed by atoms with Crippen molar-refractivity contribution in [3.63, 3.8) is 0 Å². The topological polar surface area (TPSA) is 169 Å². The normalized spacial score (nSPS) is 11.4. The van der Waals surface area contributed by atoms with Gasteiger partial charge in [0.05, 0.1) is 19.8 Å². The molecule has 0 aromatic heterocycles. The number of carboxylic acid groups (broad SMARTS) is 1. The molecule has 11 nitrogen and oxygen atoms in total. The molecule has 0 fully saturated rings. The Labute approximate surface area is 193 Å². The number of anilines is 1. The van der Waals surface area contributed by atoms with Gasteiger partial charge >= 0.3 is 5.97 Å². The van der Waals surface area contributed by atoms with Crippen LogP contribution in [-0.2, 0) is 23.9 Å². The molecule has 1 aromatic rings. The highest BCUT2D eigenvalue weighted by Crippen LogP contribution is 2.06. The monoisotopic (exact) mass is 466 g/mol. The Bertz CT molecular complexity index is 756. The number of carboxylic acids is 1. The Balaban J connectivity index is 2.13. The molecular weight excluding hydrogens is 432 g/mol. The van der Waals surface area contributed by atoms with Gasteiger partial charge in [-0.05, 0) is 43.5 Å². The summed E-state index contributed by atoms with van der Waals surface area (Å²) in [5.41, 5.74) is 6.65. The summed E-state index contributed by atoms with van der Waals surface area (Å²) in [5.74, 6) is -1.95. The fourth-order valence-electron chi connectivity index (χ4n) is 2.68. The third-order valence-corrected chi connectivity index (χ3v) is 4.51. The Kier molecular flexibility index (Phi) is 13.9. The molecule has 0 unspecified atom stereocenters. The number of ether oxygens (including phenoxy) is 2. The van der Waals surface area contributed by atoms with Gasteiger partial charge < -0.3 is 36.3 Å². The molecule has 0 aliphatic heterocycles. The number of hydrogen-bond acceptors (Lipinski definition) is 7. The fourth-order valence-corrected chi connectivity index (χ4v) is 2.68. The van der Waals surface area contributed by atoms with Gasteiger partial charge in [-0.1, -0.05) is 6.92 Å². The van der Waals surface area contributed by atoms with E-state index >= 15 is 0 Å². The zero-order chi connectivity index (χ0) is 24.5. The summed E-state index contributed by atoms with van der Waals surface area (Å²) >= 11 is 0. The minimum absolute atomic E-state index is 0.0533. The molecule has 0 radical (unpaired) electrons. The number of amides is 3. The van der Waals surface area contributed by atoms with Gasteiger partial charge in [0.15, 0.2) is 0 Å². The van der Waals surface area contributed by atoms with E-state index in [1.165, 1.54) is 0 Å². The molecule has 1 atom stereocenters. The number of aliphatic carboxylic acids is 1. The van der Waals surface area contributed by atoms with Gasteiger partial charge in [0.2, 0.25) is 11.8 Å². The highest BCUT2D eigenvalue weighted by atomic mass is 16.5. The average Bonchev–Trinajstić information content (AvgIpc) is 2.79. The quantitative estimate of drug-likeness (QED) is 0.161. The first-order chi connectivity index (χ1) is 15.8. The van der Waals surface area contributed by atoms with Gasteiger partial charge in [-0.25, -0.2) is 4.79 Å². The molecular formula is C22H34N4O7. The van der Waals surface area contributed by atoms with Crippen LogP contribution in [0.25, 0.3) is 0 Å². The first kappa shape index (κ1) is 27.9. The molecule has 0 bridgehead atoms. The van der Waals surface area contributed by atoms with Crippen molar-refractivity contribution in [2.45, 2.75) is 38.6 Å². The van der Waals surface area contributed by atoms with Crippen LogP contribution < -0.4 is 21.7 Å². The maximum Gasteiger partial charge on any atom is 0.326 e. The Morgan fingerprint density at radius 1 is 0.939 bits per heavy atom. The van der Waals surface area contributed by atoms with E-state index < -0.39 is 17.9 Å². The predicted octanol–water partition coefficient (Wildman–Crippen LogP) is 0.298. The number of nitrogens with two attached hydrogens (primary N) is 1. The van der Waals surface area contributed by atoms with Crippen LogP contribution in [0.5, 0.6) is 0 Å². The zero-order valence-electron chi connectivity index (χ0n) is 18.9. The van der Waals surface area contributed by atoms with Crippen LogP contribution >= 0.6 is 0 Å². The Morgan fingerprint density at radius 3 is 2.30 bits per heavy atom. The van der Waals surface area contributed by atoms with Crippen molar-refractivity contribution in [3.8, 4) is 0 Å². The second-order valence-electron chi connectivity index (χ2n) is 7.20. The van der Waals surface area contributed by atoms with Crippen molar-refractivity contribution in [3.05, 3.63) is 29.8 Å². The number of carbonyl (C=O) groups is 4. The molecule has 6 N–H and O–H groups in total. The van der Waals surface area contributed by atoms with Gasteiger partial charge in [0.25, 0.3) is 5.91 Å². The summed E-state index contributed by atoms with van der Waals surface area (Å²) in [6.45, 7) is 3.02. The van der Waals surface area contributed by atoms with Crippen LogP contribution in [0.1, 0.15) is 43.0 Å². The lowest BCUT2D eigenvalue weighted by atomic mass is 10.1. The van der Waals surface area contributed by atoms with Crippen LogP contribution in [0.3, 0.4) is 0 Å². The number of hydrogen-bond donors (Lipinski definition) is 5. The lowest BCUT2D eigenvalue weighted by Gasteiger charge is -2.15. The molecule has 1 rings (SSSR count). The molecule has 0 spiro atoms. The minimum atomic E-state index is -1.13. The second-order valence-corrected chi connectivity index (χ2v) is 7.20. The molecule has 0 saturated heterocycles. The molecule has 3 amide bonds. The van der Waals surface area contributed by atoms with Crippen LogP contribution in [0.2, 0.25) is 0 Å². The van der Waals surface area contributed by atoms with Gasteiger partial charge in [-0.2, -0.15) is 0 Å². The molecule has 11 heteroatoms. The first-order valence-electron chi connectivity index (χ1n) is 10.9. The van der Waals surface area contributed by atoms with E-state index in [4.69, 9.17) is 15.2 Å². The lowest BCUT2D eigenvalue weighted by Crippen LogP contribution is -2.42. The Hall–Kier alpha value is -3.18. The molecule has 184 valence electrons. The van der Waals surface area contributed by atoms with E-state index in [0.717, 1.165) is 0 Å². The average molecular weight is 467 g/mol. The summed E-state index contributed by atoms with van der Waals surface area (Å²) in [5, 5.41) is 17.1. The van der Waals surface area contributed by atoms with E-state index in [-0.39, 0.29) is 38.1 Å². The third kappa shape index (κ3) is 13.1. The van der Waals surface area contributed by atoms with Crippen molar-refractivity contribution >= 4 is 29.4 Å². The van der Waals surface area contributed by atoms with Crippen molar-refractivity contribution in [2.24, 2.45) is 0 Å². The summed E-state index contributed by atoms with van der Waals surface area (Å²) in [4.78, 5) is 46.3. The van der Waals surface area contributed by atoms with E-state index in [1.807, 2.05) is 0 Å². The maximum atomic E-state index is 12.0. The van der Waals surface area contributed by atoms with Crippen LogP contribution in [0, 0.1) is 0 Å². The lowest BCUT2D eigenvalue weighted by molar-refractivity contribution is -0.142. The summed E-state index contributed by atoms with van der Waals surface area (Å²) < 4.78 is 10.4. The van der Waals surface area contributed by atoms with Gasteiger partial charge in [0.1, 0.15) is 12.6 Å². The van der Waals surface area contributed by atoms with Crippen molar-refractivity contribution in [1.82, 2.24) is 16.0 Å². The number of nitrogens with one attached hydrogen (secondary N) is 3. The molecule has 0 heterocycles. The minimum Gasteiger partial charge on any atom is -0.480 e. The molecule has 0 aliphatic rings. The van der Waals surface area contributed by atoms with E-state index in [0.29, 0.717) is 50.2 Å². The van der Waals surface area contributed by atoms with E-state index in [9.17, 15) is 24.3 Å². The van der Waals surface area contributed by atoms with Crippen LogP contribution in [0.4, 0.5) is 5.69 Å². The smallest absolute Gasteiger partial charge is 0.326 e. The standard InChI is InChI=1S/C22H34N4O7/c1-2-19(27)24-11-12-32-13-14-33-15-20(28)26-18(22(30)31)5-3-4-10-25-21(29)16-6-8-17(23)9-7-16/h6-9,18H,2-5,10-15,23H2,1H3,(H,24,27)(H,25,29)(H,26,28)(H,30,31)/t18-/m0/s1. The summed E-state index contributed by atoms with van der Waals surface area (Å²) in [6.07, 6.45) is 1.71. The second kappa shape index (κ2) is 16.5. The number of carbonyl (C=O) groups excluding carboxylic acids is 3. The van der Waals surface area contributed by atoms with Crippen LogP contribution in [-0.4, -0.2) is 74.4 Å². The number of rotatable bonds is 17. The van der Waals surface area contributed by atoms with E-state index in [1.54, 1.807) is 31.2 Å². The number of unbranched alkanes of at least 4 members (excludes halogenated alkanes) is 1. The molecule has 1 aromatic carbocycles. The number of nitrogen functional groups attached to an aromatic ring is 1. The highest BCUT2D eigenvalue weighted by molar-refractivity contribution is 5.94. The highest BCUT2D eigenvalue weighted by Gasteiger charge is 2.19. The fraction of sp³-hybridized carbons (Fsp3) is 0.545. The SMILES string of the molecule is CCC(=O)NCCOCCOCC(=O)N[C@@H](CCCCNC(=O)c1ccc(N)cc1)C(=O)O. The first-order valence-corrected chi connectivity index (χ1v) is 10.9. The molecule has 33 heavy (non-hydrogen) atoms. The summed E-state index contributed by atoms with van der Waals surface area (Å²) in [7, 11) is 0. The third-order valence-electron chi connectivity index (χ3n) is 4.51. The number of benzene rings is 1. The largest absolute Gasteiger partial charge is 0.480 e.